The van der Waals surface area contributed by atoms with Crippen molar-refractivity contribution in [1.82, 2.24) is 14.8 Å². The first-order chi connectivity index (χ1) is 9.11. The number of hydrogen-bond acceptors (Lipinski definition) is 4. The SMILES string of the molecule is CSc1ccc(-n2ncnc2[C@@H](C)OC(C)C)cc1. The lowest BCUT2D eigenvalue weighted by atomic mass is 10.3. The van der Waals surface area contributed by atoms with Gasteiger partial charge in [0.25, 0.3) is 0 Å². The predicted molar refractivity (Wildman–Crippen MR) is 77.8 cm³/mol. The highest BCUT2D eigenvalue weighted by molar-refractivity contribution is 7.98. The minimum absolute atomic E-state index is 0.0808. The van der Waals surface area contributed by atoms with Crippen LogP contribution in [0, 0.1) is 0 Å². The van der Waals surface area contributed by atoms with Gasteiger partial charge in [0, 0.05) is 4.90 Å². The highest BCUT2D eigenvalue weighted by Crippen LogP contribution is 2.21. The Kier molecular flexibility index (Phi) is 4.61. The molecule has 0 radical (unpaired) electrons. The molecule has 0 N–H and O–H groups in total. The molecule has 4 nitrogen and oxygen atoms in total. The average molecular weight is 277 g/mol. The van der Waals surface area contributed by atoms with Gasteiger partial charge in [-0.1, -0.05) is 0 Å². The molecule has 0 amide bonds. The average Bonchev–Trinajstić information content (AvgIpc) is 2.87. The van der Waals surface area contributed by atoms with E-state index >= 15 is 0 Å². The fourth-order valence-electron chi connectivity index (χ4n) is 1.92. The number of hydrogen-bond donors (Lipinski definition) is 0. The van der Waals surface area contributed by atoms with Crippen LogP contribution < -0.4 is 0 Å². The molecule has 1 heterocycles. The van der Waals surface area contributed by atoms with Gasteiger partial charge in [-0.15, -0.1) is 11.8 Å². The second kappa shape index (κ2) is 6.21. The molecule has 2 rings (SSSR count). The van der Waals surface area contributed by atoms with Gasteiger partial charge in [-0.2, -0.15) is 5.10 Å². The first-order valence-corrected chi connectivity index (χ1v) is 7.54. The van der Waals surface area contributed by atoms with Crippen LogP contribution in [0.4, 0.5) is 0 Å². The monoisotopic (exact) mass is 277 g/mol. The summed E-state index contributed by atoms with van der Waals surface area (Å²) in [6.07, 6.45) is 3.72. The van der Waals surface area contributed by atoms with Crippen molar-refractivity contribution in [3.63, 3.8) is 0 Å². The van der Waals surface area contributed by atoms with Gasteiger partial charge in [0.1, 0.15) is 12.4 Å². The van der Waals surface area contributed by atoms with Gasteiger partial charge in [0.2, 0.25) is 0 Å². The summed E-state index contributed by atoms with van der Waals surface area (Å²) in [7, 11) is 0. The van der Waals surface area contributed by atoms with E-state index in [0.29, 0.717) is 0 Å². The summed E-state index contributed by atoms with van der Waals surface area (Å²) >= 11 is 1.72. The topological polar surface area (TPSA) is 39.9 Å². The summed E-state index contributed by atoms with van der Waals surface area (Å²) in [6, 6.07) is 8.26. The number of thioether (sulfide) groups is 1. The van der Waals surface area contributed by atoms with Gasteiger partial charge in [-0.05, 0) is 51.3 Å². The molecule has 1 atom stereocenters. The van der Waals surface area contributed by atoms with E-state index < -0.39 is 0 Å². The van der Waals surface area contributed by atoms with Crippen LogP contribution in [0.1, 0.15) is 32.7 Å². The van der Waals surface area contributed by atoms with Crippen molar-refractivity contribution in [2.45, 2.75) is 37.9 Å². The van der Waals surface area contributed by atoms with E-state index in [1.807, 2.05) is 37.6 Å². The Hall–Kier alpha value is -1.33. The summed E-state index contributed by atoms with van der Waals surface area (Å²) in [4.78, 5) is 5.54. The number of benzene rings is 1. The Balaban J connectivity index is 2.27. The van der Waals surface area contributed by atoms with Gasteiger partial charge in [-0.25, -0.2) is 9.67 Å². The second-order valence-corrected chi connectivity index (χ2v) is 5.43. The lowest BCUT2D eigenvalue weighted by molar-refractivity contribution is 0.0117. The van der Waals surface area contributed by atoms with Crippen LogP contribution in [0.15, 0.2) is 35.5 Å². The fourth-order valence-corrected chi connectivity index (χ4v) is 2.33. The number of rotatable bonds is 5. The van der Waals surface area contributed by atoms with Crippen molar-refractivity contribution in [2.75, 3.05) is 6.26 Å². The lowest BCUT2D eigenvalue weighted by Gasteiger charge is -2.16. The summed E-state index contributed by atoms with van der Waals surface area (Å²) < 4.78 is 7.60. The summed E-state index contributed by atoms with van der Waals surface area (Å²) in [5.74, 6) is 0.825. The standard InChI is InChI=1S/C14H19N3OS/c1-10(2)18-11(3)14-15-9-16-17(14)12-5-7-13(19-4)8-6-12/h5-11H,1-4H3/t11-/m1/s1. The molecule has 0 unspecified atom stereocenters. The Bertz CT molecular complexity index is 522. The number of nitrogens with zero attached hydrogens (tertiary/aromatic N) is 3. The minimum atomic E-state index is -0.0808. The van der Waals surface area contributed by atoms with Crippen LogP contribution in [-0.4, -0.2) is 27.1 Å². The Morgan fingerprint density at radius 2 is 1.84 bits per heavy atom. The third-order valence-corrected chi connectivity index (χ3v) is 3.47. The molecule has 19 heavy (non-hydrogen) atoms. The van der Waals surface area contributed by atoms with E-state index in [9.17, 15) is 0 Å². The van der Waals surface area contributed by atoms with Crippen LogP contribution >= 0.6 is 11.8 Å². The smallest absolute Gasteiger partial charge is 0.160 e. The first-order valence-electron chi connectivity index (χ1n) is 6.31. The molecule has 0 aliphatic carbocycles. The van der Waals surface area contributed by atoms with Gasteiger partial charge < -0.3 is 4.74 Å². The second-order valence-electron chi connectivity index (χ2n) is 4.56. The van der Waals surface area contributed by atoms with E-state index in [1.165, 1.54) is 4.90 Å². The highest BCUT2D eigenvalue weighted by atomic mass is 32.2. The van der Waals surface area contributed by atoms with Gasteiger partial charge in [0.15, 0.2) is 5.82 Å². The summed E-state index contributed by atoms with van der Waals surface area (Å²) in [5, 5.41) is 4.29. The van der Waals surface area contributed by atoms with Crippen LogP contribution in [0.5, 0.6) is 0 Å². The third kappa shape index (κ3) is 3.36. The molecule has 2 aromatic rings. The maximum Gasteiger partial charge on any atom is 0.160 e. The van der Waals surface area contributed by atoms with Crippen LogP contribution in [0.25, 0.3) is 5.69 Å². The first kappa shape index (κ1) is 14.1. The highest BCUT2D eigenvalue weighted by Gasteiger charge is 2.16. The maximum absolute atomic E-state index is 5.77. The number of aromatic nitrogens is 3. The minimum Gasteiger partial charge on any atom is -0.368 e. The maximum atomic E-state index is 5.77. The van der Waals surface area contributed by atoms with Crippen molar-refractivity contribution in [1.29, 1.82) is 0 Å². The molecule has 0 aliphatic rings. The normalized spacial score (nSPS) is 12.9. The van der Waals surface area contributed by atoms with E-state index in [4.69, 9.17) is 4.74 Å². The Morgan fingerprint density at radius 3 is 2.42 bits per heavy atom. The Morgan fingerprint density at radius 1 is 1.16 bits per heavy atom. The molecule has 0 bridgehead atoms. The van der Waals surface area contributed by atoms with Gasteiger partial charge in [0.05, 0.1) is 11.8 Å². The molecule has 0 saturated carbocycles. The molecule has 0 saturated heterocycles. The zero-order valence-corrected chi connectivity index (χ0v) is 12.5. The largest absolute Gasteiger partial charge is 0.368 e. The van der Waals surface area contributed by atoms with Gasteiger partial charge in [-0.3, -0.25) is 0 Å². The molecule has 102 valence electrons. The van der Waals surface area contributed by atoms with E-state index in [1.54, 1.807) is 18.1 Å². The zero-order chi connectivity index (χ0) is 13.8. The summed E-state index contributed by atoms with van der Waals surface area (Å²) in [5.41, 5.74) is 1.00. The van der Waals surface area contributed by atoms with Crippen molar-refractivity contribution in [2.24, 2.45) is 0 Å². The van der Waals surface area contributed by atoms with Crippen LogP contribution in [0.3, 0.4) is 0 Å². The molecule has 0 aliphatic heterocycles. The van der Waals surface area contributed by atoms with Crippen molar-refractivity contribution in [3.8, 4) is 5.69 Å². The van der Waals surface area contributed by atoms with Gasteiger partial charge >= 0.3 is 0 Å². The zero-order valence-electron chi connectivity index (χ0n) is 11.7. The Labute approximate surface area is 118 Å². The fraction of sp³-hybridized carbons (Fsp3) is 0.429. The molecular weight excluding hydrogens is 258 g/mol. The molecular formula is C14H19N3OS. The lowest BCUT2D eigenvalue weighted by Crippen LogP contribution is -2.13. The molecule has 1 aromatic heterocycles. The van der Waals surface area contributed by atoms with Crippen molar-refractivity contribution < 1.29 is 4.74 Å². The molecule has 1 aromatic carbocycles. The van der Waals surface area contributed by atoms with Crippen LogP contribution in [0.2, 0.25) is 0 Å². The van der Waals surface area contributed by atoms with Crippen LogP contribution in [-0.2, 0) is 4.74 Å². The molecule has 5 heteroatoms. The van der Waals surface area contributed by atoms with E-state index in [2.05, 4.69) is 28.5 Å². The molecule has 0 spiro atoms. The molecule has 0 fully saturated rings. The van der Waals surface area contributed by atoms with E-state index in [0.717, 1.165) is 11.5 Å². The van der Waals surface area contributed by atoms with E-state index in [-0.39, 0.29) is 12.2 Å². The number of ether oxygens (including phenoxy) is 1. The summed E-state index contributed by atoms with van der Waals surface area (Å²) in [6.45, 7) is 6.03. The van der Waals surface area contributed by atoms with Crippen molar-refractivity contribution >= 4 is 11.8 Å². The van der Waals surface area contributed by atoms with Crippen molar-refractivity contribution in [3.05, 3.63) is 36.4 Å². The third-order valence-electron chi connectivity index (χ3n) is 2.73. The predicted octanol–water partition coefficient (Wildman–Crippen LogP) is 3.48. The quantitative estimate of drug-likeness (QED) is 0.785.